The topological polar surface area (TPSA) is 91.1 Å². The van der Waals surface area contributed by atoms with Crippen molar-refractivity contribution >= 4 is 23.4 Å². The van der Waals surface area contributed by atoms with Crippen LogP contribution in [0.3, 0.4) is 0 Å². The molecule has 1 amide bonds. The van der Waals surface area contributed by atoms with E-state index in [1.54, 1.807) is 0 Å². The molecule has 0 aromatic carbocycles. The van der Waals surface area contributed by atoms with E-state index >= 15 is 0 Å². The number of dihydropyridines is 1. The van der Waals surface area contributed by atoms with E-state index in [1.807, 2.05) is 13.8 Å². The number of hydrogen-bond acceptors (Lipinski definition) is 4. The van der Waals surface area contributed by atoms with Gasteiger partial charge >= 0.3 is 5.97 Å². The lowest BCUT2D eigenvalue weighted by molar-refractivity contribution is -0.129. The number of fused-ring (bicyclic) bond motifs is 1. The molecule has 0 aliphatic carbocycles. The fourth-order valence-electron chi connectivity index (χ4n) is 1.95. The van der Waals surface area contributed by atoms with Gasteiger partial charge in [0.15, 0.2) is 5.84 Å². The van der Waals surface area contributed by atoms with Gasteiger partial charge in [0.25, 0.3) is 5.91 Å². The van der Waals surface area contributed by atoms with Gasteiger partial charge < -0.3 is 5.11 Å². The van der Waals surface area contributed by atoms with Gasteiger partial charge in [-0.15, -0.1) is 0 Å². The van der Waals surface area contributed by atoms with Crippen LogP contribution in [0, 0.1) is 11.8 Å². The van der Waals surface area contributed by atoms with Crippen molar-refractivity contribution in [2.24, 2.45) is 21.9 Å². The maximum absolute atomic E-state index is 11.6. The quantitative estimate of drug-likeness (QED) is 0.748. The second kappa shape index (κ2) is 4.12. The maximum atomic E-state index is 11.6. The van der Waals surface area contributed by atoms with Gasteiger partial charge in [-0.1, -0.05) is 13.8 Å². The summed E-state index contributed by atoms with van der Waals surface area (Å²) in [4.78, 5) is 26.4. The Morgan fingerprint density at radius 2 is 2.29 bits per heavy atom. The lowest BCUT2D eigenvalue weighted by atomic mass is 9.87. The zero-order valence-electron chi connectivity index (χ0n) is 9.60. The normalized spacial score (nSPS) is 22.6. The third-order valence-corrected chi connectivity index (χ3v) is 2.59. The van der Waals surface area contributed by atoms with Crippen LogP contribution in [0.2, 0.25) is 0 Å². The summed E-state index contributed by atoms with van der Waals surface area (Å²) >= 11 is 0. The first-order chi connectivity index (χ1) is 7.99. The molecule has 1 atom stereocenters. The highest BCUT2D eigenvalue weighted by atomic mass is 16.4. The summed E-state index contributed by atoms with van der Waals surface area (Å²) in [5.74, 6) is -1.26. The van der Waals surface area contributed by atoms with E-state index in [2.05, 4.69) is 15.5 Å². The molecule has 2 heterocycles. The molecule has 2 aliphatic rings. The van der Waals surface area contributed by atoms with E-state index in [1.165, 1.54) is 6.08 Å². The number of aliphatic imine (C=N–C) groups is 1. The Morgan fingerprint density at radius 1 is 1.59 bits per heavy atom. The smallest absolute Gasteiger partial charge is 0.354 e. The molecule has 17 heavy (non-hydrogen) atoms. The first-order valence-electron chi connectivity index (χ1n) is 5.39. The first kappa shape index (κ1) is 11.5. The Morgan fingerprint density at radius 3 is 2.88 bits per heavy atom. The van der Waals surface area contributed by atoms with E-state index in [0.29, 0.717) is 12.3 Å². The van der Waals surface area contributed by atoms with E-state index in [9.17, 15) is 9.59 Å². The van der Waals surface area contributed by atoms with Crippen LogP contribution in [0.4, 0.5) is 0 Å². The fraction of sp³-hybridized carbons (Fsp3) is 0.455. The van der Waals surface area contributed by atoms with E-state index in [4.69, 9.17) is 5.11 Å². The zero-order chi connectivity index (χ0) is 12.6. The minimum absolute atomic E-state index is 0.0628. The van der Waals surface area contributed by atoms with Gasteiger partial charge in [0.05, 0.1) is 0 Å². The van der Waals surface area contributed by atoms with Crippen molar-refractivity contribution in [1.29, 1.82) is 0 Å². The van der Waals surface area contributed by atoms with Crippen LogP contribution in [-0.2, 0) is 9.59 Å². The van der Waals surface area contributed by atoms with Crippen LogP contribution < -0.4 is 5.43 Å². The molecule has 2 rings (SSSR count). The van der Waals surface area contributed by atoms with Crippen molar-refractivity contribution in [3.05, 3.63) is 11.6 Å². The summed E-state index contributed by atoms with van der Waals surface area (Å²) in [6.07, 6.45) is 2.14. The van der Waals surface area contributed by atoms with Crippen molar-refractivity contribution in [3.63, 3.8) is 0 Å². The third kappa shape index (κ3) is 2.11. The molecule has 0 saturated heterocycles. The van der Waals surface area contributed by atoms with Gasteiger partial charge in [-0.25, -0.2) is 15.2 Å². The van der Waals surface area contributed by atoms with Gasteiger partial charge in [-0.05, 0) is 24.0 Å². The summed E-state index contributed by atoms with van der Waals surface area (Å²) in [5.41, 5.74) is 3.03. The molecule has 0 aromatic heterocycles. The number of carboxylic acids is 1. The van der Waals surface area contributed by atoms with Crippen LogP contribution in [0.5, 0.6) is 0 Å². The largest absolute Gasteiger partial charge is 0.477 e. The molecule has 0 radical (unpaired) electrons. The monoisotopic (exact) mass is 235 g/mol. The molecule has 0 fully saturated rings. The number of nitrogens with zero attached hydrogens (tertiary/aromatic N) is 2. The summed E-state index contributed by atoms with van der Waals surface area (Å²) < 4.78 is 0. The Hall–Kier alpha value is -1.98. The summed E-state index contributed by atoms with van der Waals surface area (Å²) in [7, 11) is 0. The van der Waals surface area contributed by atoms with Crippen LogP contribution in [0.15, 0.2) is 21.7 Å². The number of rotatable bonds is 3. The molecule has 0 spiro atoms. The molecular weight excluding hydrogens is 222 g/mol. The van der Waals surface area contributed by atoms with Crippen molar-refractivity contribution in [1.82, 2.24) is 5.43 Å². The lowest BCUT2D eigenvalue weighted by Gasteiger charge is -2.18. The number of carbonyl (C=O) groups is 2. The number of amides is 1. The molecule has 0 saturated carbocycles. The molecule has 2 aliphatic heterocycles. The number of hydrogen-bond donors (Lipinski definition) is 2. The van der Waals surface area contributed by atoms with Crippen molar-refractivity contribution in [3.8, 4) is 0 Å². The average Bonchev–Trinajstić information content (AvgIpc) is 2.59. The Balaban J connectivity index is 2.38. The highest BCUT2D eigenvalue weighted by molar-refractivity contribution is 6.43. The highest BCUT2D eigenvalue weighted by Gasteiger charge is 2.37. The number of amidine groups is 1. The molecule has 1 unspecified atom stereocenters. The molecule has 6 heteroatoms. The lowest BCUT2D eigenvalue weighted by Crippen LogP contribution is -2.30. The summed E-state index contributed by atoms with van der Waals surface area (Å²) in [5, 5.41) is 12.7. The third-order valence-electron chi connectivity index (χ3n) is 2.59. The number of carboxylic acid groups (broad SMARTS) is 1. The van der Waals surface area contributed by atoms with E-state index in [-0.39, 0.29) is 17.5 Å². The molecule has 2 N–H and O–H groups in total. The van der Waals surface area contributed by atoms with Crippen molar-refractivity contribution < 1.29 is 14.7 Å². The first-order valence-corrected chi connectivity index (χ1v) is 5.39. The minimum atomic E-state index is -1.10. The van der Waals surface area contributed by atoms with Gasteiger partial charge in [0.2, 0.25) is 0 Å². The predicted octanol–water partition coefficient (Wildman–Crippen LogP) is 0.558. The average molecular weight is 235 g/mol. The molecular formula is C11H13N3O3. The number of aliphatic carboxylic acids is 1. The highest BCUT2D eigenvalue weighted by Crippen LogP contribution is 2.27. The molecule has 0 bridgehead atoms. The Labute approximate surface area is 98.1 Å². The molecule has 0 aromatic rings. The summed E-state index contributed by atoms with van der Waals surface area (Å²) in [6, 6.07) is 0. The number of hydrazone groups is 1. The zero-order valence-corrected chi connectivity index (χ0v) is 9.60. The predicted molar refractivity (Wildman–Crippen MR) is 61.7 cm³/mol. The van der Waals surface area contributed by atoms with Crippen LogP contribution >= 0.6 is 0 Å². The Bertz CT molecular complexity index is 474. The van der Waals surface area contributed by atoms with Gasteiger partial charge in [-0.2, -0.15) is 5.10 Å². The SMILES string of the molecule is CC(C)CC1=CC(C(=O)O)=NC2=NNC(=O)C12. The van der Waals surface area contributed by atoms with E-state index < -0.39 is 11.9 Å². The standard InChI is InChI=1S/C11H13N3O3/c1-5(2)3-6-4-7(11(16)17)12-9-8(6)10(15)14-13-9/h4-5,8H,3H2,1-2H3,(H,14,15)(H,16,17). The van der Waals surface area contributed by atoms with Crippen molar-refractivity contribution in [2.45, 2.75) is 20.3 Å². The van der Waals surface area contributed by atoms with Crippen LogP contribution in [0.1, 0.15) is 20.3 Å². The Kier molecular flexibility index (Phi) is 2.79. The van der Waals surface area contributed by atoms with Crippen molar-refractivity contribution in [2.75, 3.05) is 0 Å². The summed E-state index contributed by atoms with van der Waals surface area (Å²) in [6.45, 7) is 4.02. The minimum Gasteiger partial charge on any atom is -0.477 e. The molecule has 90 valence electrons. The van der Waals surface area contributed by atoms with Gasteiger partial charge in [0.1, 0.15) is 11.6 Å². The second-order valence-electron chi connectivity index (χ2n) is 4.50. The number of nitrogens with one attached hydrogen (secondary N) is 1. The number of carbonyl (C=O) groups excluding carboxylic acids is 1. The van der Waals surface area contributed by atoms with Crippen LogP contribution in [0.25, 0.3) is 0 Å². The van der Waals surface area contributed by atoms with Gasteiger partial charge in [0, 0.05) is 0 Å². The van der Waals surface area contributed by atoms with E-state index in [0.717, 1.165) is 5.57 Å². The second-order valence-corrected chi connectivity index (χ2v) is 4.50. The fourth-order valence-corrected chi connectivity index (χ4v) is 1.95. The maximum Gasteiger partial charge on any atom is 0.354 e. The van der Waals surface area contributed by atoms with Gasteiger partial charge in [-0.3, -0.25) is 4.79 Å². The molecule has 6 nitrogen and oxygen atoms in total. The van der Waals surface area contributed by atoms with Crippen LogP contribution in [-0.4, -0.2) is 28.5 Å².